The summed E-state index contributed by atoms with van der Waals surface area (Å²) in [6.07, 6.45) is 0.960. The second-order valence-corrected chi connectivity index (χ2v) is 3.91. The SMILES string of the molecule is CCC(C)NC(=O)C(C)N(CC)CCN. The number of carbonyl (C=O) groups excluding carboxylic acids is 1. The molecule has 4 nitrogen and oxygen atoms in total. The Morgan fingerprint density at radius 2 is 2.00 bits per heavy atom. The van der Waals surface area contributed by atoms with Gasteiger partial charge in [-0.25, -0.2) is 0 Å². The molecule has 1 amide bonds. The van der Waals surface area contributed by atoms with E-state index >= 15 is 0 Å². The van der Waals surface area contributed by atoms with Crippen LogP contribution in [-0.4, -0.2) is 42.5 Å². The minimum Gasteiger partial charge on any atom is -0.352 e. The summed E-state index contributed by atoms with van der Waals surface area (Å²) in [7, 11) is 0. The third kappa shape index (κ3) is 5.14. The highest BCUT2D eigenvalue weighted by molar-refractivity contribution is 5.81. The van der Waals surface area contributed by atoms with Crippen molar-refractivity contribution in [1.29, 1.82) is 0 Å². The van der Waals surface area contributed by atoms with Crippen molar-refractivity contribution in [2.45, 2.75) is 46.2 Å². The van der Waals surface area contributed by atoms with Gasteiger partial charge in [0, 0.05) is 19.1 Å². The smallest absolute Gasteiger partial charge is 0.237 e. The molecule has 0 aliphatic heterocycles. The molecule has 0 saturated carbocycles. The number of rotatable bonds is 7. The van der Waals surface area contributed by atoms with Crippen molar-refractivity contribution in [3.63, 3.8) is 0 Å². The van der Waals surface area contributed by atoms with Crippen molar-refractivity contribution in [3.05, 3.63) is 0 Å². The van der Waals surface area contributed by atoms with Gasteiger partial charge in [-0.2, -0.15) is 0 Å². The highest BCUT2D eigenvalue weighted by atomic mass is 16.2. The van der Waals surface area contributed by atoms with E-state index in [1.54, 1.807) is 0 Å². The average molecular weight is 215 g/mol. The molecule has 0 fully saturated rings. The highest BCUT2D eigenvalue weighted by Gasteiger charge is 2.19. The third-order valence-electron chi connectivity index (χ3n) is 2.75. The van der Waals surface area contributed by atoms with Gasteiger partial charge in [0.2, 0.25) is 5.91 Å². The summed E-state index contributed by atoms with van der Waals surface area (Å²) in [5.41, 5.74) is 5.50. The molecule has 0 aliphatic carbocycles. The Balaban J connectivity index is 4.15. The molecular formula is C11H25N3O. The standard InChI is InChI=1S/C11H25N3O/c1-5-9(3)13-11(15)10(4)14(6-2)8-7-12/h9-10H,5-8,12H2,1-4H3,(H,13,15). The van der Waals surface area contributed by atoms with Crippen molar-refractivity contribution in [2.24, 2.45) is 5.73 Å². The number of amides is 1. The first-order chi connectivity index (χ1) is 7.06. The second-order valence-electron chi connectivity index (χ2n) is 3.91. The van der Waals surface area contributed by atoms with Gasteiger partial charge in [-0.05, 0) is 26.8 Å². The second kappa shape index (κ2) is 7.65. The van der Waals surface area contributed by atoms with Crippen LogP contribution in [0.4, 0.5) is 0 Å². The van der Waals surface area contributed by atoms with Gasteiger partial charge in [-0.1, -0.05) is 13.8 Å². The minimum absolute atomic E-state index is 0.0902. The van der Waals surface area contributed by atoms with E-state index in [1.807, 2.05) is 20.8 Å². The number of nitrogens with zero attached hydrogens (tertiary/aromatic N) is 1. The van der Waals surface area contributed by atoms with E-state index in [9.17, 15) is 4.79 Å². The first-order valence-electron chi connectivity index (χ1n) is 5.81. The number of hydrogen-bond donors (Lipinski definition) is 2. The molecule has 0 rings (SSSR count). The van der Waals surface area contributed by atoms with E-state index in [0.717, 1.165) is 19.5 Å². The molecule has 0 bridgehead atoms. The summed E-state index contributed by atoms with van der Waals surface area (Å²) in [5, 5.41) is 2.98. The van der Waals surface area contributed by atoms with Gasteiger partial charge in [0.25, 0.3) is 0 Å². The predicted molar refractivity (Wildman–Crippen MR) is 63.7 cm³/mol. The Morgan fingerprint density at radius 3 is 2.40 bits per heavy atom. The molecular weight excluding hydrogens is 190 g/mol. The zero-order valence-electron chi connectivity index (χ0n) is 10.4. The summed E-state index contributed by atoms with van der Waals surface area (Å²) in [6.45, 7) is 10.3. The molecule has 0 spiro atoms. The molecule has 15 heavy (non-hydrogen) atoms. The van der Waals surface area contributed by atoms with Gasteiger partial charge in [0.1, 0.15) is 0 Å². The summed E-state index contributed by atoms with van der Waals surface area (Å²) < 4.78 is 0. The van der Waals surface area contributed by atoms with Crippen LogP contribution >= 0.6 is 0 Å². The quantitative estimate of drug-likeness (QED) is 0.653. The van der Waals surface area contributed by atoms with E-state index in [-0.39, 0.29) is 18.0 Å². The Bertz CT molecular complexity index is 185. The lowest BCUT2D eigenvalue weighted by Crippen LogP contribution is -2.48. The van der Waals surface area contributed by atoms with Gasteiger partial charge in [-0.3, -0.25) is 9.69 Å². The fraction of sp³-hybridized carbons (Fsp3) is 0.909. The zero-order valence-corrected chi connectivity index (χ0v) is 10.4. The normalized spacial score (nSPS) is 15.1. The first-order valence-corrected chi connectivity index (χ1v) is 5.81. The lowest BCUT2D eigenvalue weighted by atomic mass is 10.2. The Kier molecular flexibility index (Phi) is 7.34. The van der Waals surface area contributed by atoms with Crippen LogP contribution in [0.15, 0.2) is 0 Å². The van der Waals surface area contributed by atoms with Crippen LogP contribution in [0.3, 0.4) is 0 Å². The van der Waals surface area contributed by atoms with Crippen LogP contribution in [0.1, 0.15) is 34.1 Å². The molecule has 90 valence electrons. The largest absolute Gasteiger partial charge is 0.352 e. The van der Waals surface area contributed by atoms with Crippen molar-refractivity contribution >= 4 is 5.91 Å². The number of hydrogen-bond acceptors (Lipinski definition) is 3. The lowest BCUT2D eigenvalue weighted by molar-refractivity contribution is -0.126. The van der Waals surface area contributed by atoms with Gasteiger partial charge >= 0.3 is 0 Å². The maximum Gasteiger partial charge on any atom is 0.237 e. The number of carbonyl (C=O) groups is 1. The molecule has 0 aromatic carbocycles. The van der Waals surface area contributed by atoms with Crippen molar-refractivity contribution in [2.75, 3.05) is 19.6 Å². The highest BCUT2D eigenvalue weighted by Crippen LogP contribution is 1.99. The predicted octanol–water partition coefficient (Wildman–Crippen LogP) is 0.570. The zero-order chi connectivity index (χ0) is 11.8. The van der Waals surface area contributed by atoms with Gasteiger partial charge in [0.15, 0.2) is 0 Å². The molecule has 2 unspecified atom stereocenters. The maximum atomic E-state index is 11.8. The van der Waals surface area contributed by atoms with E-state index < -0.39 is 0 Å². The first kappa shape index (κ1) is 14.4. The van der Waals surface area contributed by atoms with Crippen LogP contribution in [0, 0.1) is 0 Å². The third-order valence-corrected chi connectivity index (χ3v) is 2.75. The monoisotopic (exact) mass is 215 g/mol. The fourth-order valence-corrected chi connectivity index (χ4v) is 1.42. The average Bonchev–Trinajstić information content (AvgIpc) is 2.24. The molecule has 3 N–H and O–H groups in total. The minimum atomic E-state index is -0.0902. The molecule has 0 heterocycles. The molecule has 0 aromatic rings. The molecule has 0 radical (unpaired) electrons. The Hall–Kier alpha value is -0.610. The summed E-state index contributed by atoms with van der Waals surface area (Å²) >= 11 is 0. The van der Waals surface area contributed by atoms with E-state index in [4.69, 9.17) is 5.73 Å². The van der Waals surface area contributed by atoms with Crippen molar-refractivity contribution in [1.82, 2.24) is 10.2 Å². The lowest BCUT2D eigenvalue weighted by Gasteiger charge is -2.27. The molecule has 0 aromatic heterocycles. The van der Waals surface area contributed by atoms with Crippen LogP contribution in [0.5, 0.6) is 0 Å². The summed E-state index contributed by atoms with van der Waals surface area (Å²) in [6, 6.07) is 0.157. The topological polar surface area (TPSA) is 58.4 Å². The summed E-state index contributed by atoms with van der Waals surface area (Å²) in [4.78, 5) is 13.9. The van der Waals surface area contributed by atoms with Gasteiger partial charge in [0.05, 0.1) is 6.04 Å². The summed E-state index contributed by atoms with van der Waals surface area (Å²) in [5.74, 6) is 0.0969. The Labute approximate surface area is 93.2 Å². The van der Waals surface area contributed by atoms with Gasteiger partial charge < -0.3 is 11.1 Å². The number of nitrogens with one attached hydrogen (secondary N) is 1. The molecule has 4 heteroatoms. The molecule has 0 aliphatic rings. The molecule has 0 saturated heterocycles. The van der Waals surface area contributed by atoms with E-state index in [2.05, 4.69) is 17.1 Å². The van der Waals surface area contributed by atoms with Crippen LogP contribution in [0.2, 0.25) is 0 Å². The Morgan fingerprint density at radius 1 is 1.40 bits per heavy atom. The van der Waals surface area contributed by atoms with Gasteiger partial charge in [-0.15, -0.1) is 0 Å². The maximum absolute atomic E-state index is 11.8. The van der Waals surface area contributed by atoms with Crippen LogP contribution in [-0.2, 0) is 4.79 Å². The van der Waals surface area contributed by atoms with Crippen LogP contribution in [0.25, 0.3) is 0 Å². The molecule has 2 atom stereocenters. The van der Waals surface area contributed by atoms with Crippen molar-refractivity contribution < 1.29 is 4.79 Å². The van der Waals surface area contributed by atoms with E-state index in [0.29, 0.717) is 6.54 Å². The number of nitrogens with two attached hydrogens (primary N) is 1. The van der Waals surface area contributed by atoms with Crippen molar-refractivity contribution in [3.8, 4) is 0 Å². The van der Waals surface area contributed by atoms with Crippen LogP contribution < -0.4 is 11.1 Å². The van der Waals surface area contributed by atoms with E-state index in [1.165, 1.54) is 0 Å². The fourth-order valence-electron chi connectivity index (χ4n) is 1.42. The number of likely N-dealkylation sites (N-methyl/N-ethyl adjacent to an activating group) is 1.